The second-order valence-corrected chi connectivity index (χ2v) is 17.0. The summed E-state index contributed by atoms with van der Waals surface area (Å²) in [6.07, 6.45) is 4.56. The van der Waals surface area contributed by atoms with Gasteiger partial charge in [-0.25, -0.2) is 0 Å². The van der Waals surface area contributed by atoms with Gasteiger partial charge in [-0.1, -0.05) is 153 Å². The molecule has 3 nitrogen and oxygen atoms in total. The molecule has 9 aromatic carbocycles. The van der Waals surface area contributed by atoms with Gasteiger partial charge in [0.05, 0.1) is 22.1 Å². The number of hydrogen-bond donors (Lipinski definition) is 0. The first kappa shape index (κ1) is 36.0. The Morgan fingerprint density at radius 3 is 1.58 bits per heavy atom. The molecule has 0 bridgehead atoms. The van der Waals surface area contributed by atoms with Gasteiger partial charge in [0.15, 0.2) is 0 Å². The molecule has 0 spiro atoms. The van der Waals surface area contributed by atoms with Gasteiger partial charge in [-0.2, -0.15) is 0 Å². The van der Waals surface area contributed by atoms with Crippen LogP contribution >= 0.6 is 0 Å². The fourth-order valence-electron chi connectivity index (χ4n) is 10.2. The highest BCUT2D eigenvalue weighted by molar-refractivity contribution is 6.14. The summed E-state index contributed by atoms with van der Waals surface area (Å²) in [5.41, 5.74) is 18.1. The van der Waals surface area contributed by atoms with Crippen LogP contribution in [0.15, 0.2) is 212 Å². The molecule has 62 heavy (non-hydrogen) atoms. The number of anilines is 3. The van der Waals surface area contributed by atoms with Crippen molar-refractivity contribution in [2.24, 2.45) is 0 Å². The summed E-state index contributed by atoms with van der Waals surface area (Å²) >= 11 is 0. The molecule has 0 N–H and O–H groups in total. The molecule has 11 aromatic rings. The fraction of sp³-hybridized carbons (Fsp3) is 0.0508. The number of benzene rings is 9. The van der Waals surface area contributed by atoms with Crippen LogP contribution in [-0.2, 0) is 5.41 Å². The second-order valence-electron chi connectivity index (χ2n) is 17.0. The molecule has 294 valence electrons. The molecule has 2 aromatic heterocycles. The van der Waals surface area contributed by atoms with Gasteiger partial charge in [-0.05, 0) is 118 Å². The standard InChI is InChI=1S/C59H43N3/c1-59(2)53-38-41(29-32-47(53)49-33-34-50-48-25-15-16-26-54(48)62(58(50)57(49)59)45-23-13-6-14-24-45)28-27-40-30-35-55-51(37-40)52-39-46(31-36-56(52)61(55)44-21-11-5-12-22-44)60(42-17-7-3-8-18-42)43-19-9-4-10-20-43/h3-39H,1-2H3/b28-27+. The van der Waals surface area contributed by atoms with Crippen LogP contribution in [0.3, 0.4) is 0 Å². The number of fused-ring (bicyclic) bond motifs is 10. The third kappa shape index (κ3) is 5.59. The maximum atomic E-state index is 2.48. The molecule has 0 saturated carbocycles. The van der Waals surface area contributed by atoms with E-state index < -0.39 is 0 Å². The molecule has 3 heteroatoms. The normalized spacial score (nSPS) is 13.1. The Balaban J connectivity index is 0.967. The van der Waals surface area contributed by atoms with Crippen molar-refractivity contribution in [1.29, 1.82) is 0 Å². The lowest BCUT2D eigenvalue weighted by Crippen LogP contribution is -2.16. The molecule has 0 unspecified atom stereocenters. The van der Waals surface area contributed by atoms with Gasteiger partial charge in [0.1, 0.15) is 0 Å². The summed E-state index contributed by atoms with van der Waals surface area (Å²) in [7, 11) is 0. The summed E-state index contributed by atoms with van der Waals surface area (Å²) in [6, 6.07) is 77.2. The quantitative estimate of drug-likeness (QED) is 0.147. The first-order valence-corrected chi connectivity index (χ1v) is 21.5. The highest BCUT2D eigenvalue weighted by Gasteiger charge is 2.38. The van der Waals surface area contributed by atoms with E-state index in [0.717, 1.165) is 28.3 Å². The molecule has 0 saturated heterocycles. The van der Waals surface area contributed by atoms with Crippen molar-refractivity contribution in [3.8, 4) is 22.5 Å². The Morgan fingerprint density at radius 2 is 0.903 bits per heavy atom. The molecule has 1 aliphatic carbocycles. The minimum absolute atomic E-state index is 0.210. The van der Waals surface area contributed by atoms with E-state index in [-0.39, 0.29) is 5.41 Å². The summed E-state index contributed by atoms with van der Waals surface area (Å²) < 4.78 is 4.87. The van der Waals surface area contributed by atoms with Crippen molar-refractivity contribution in [1.82, 2.24) is 9.13 Å². The van der Waals surface area contributed by atoms with Gasteiger partial charge in [-0.15, -0.1) is 0 Å². The summed E-state index contributed by atoms with van der Waals surface area (Å²) in [5, 5.41) is 5.02. The maximum Gasteiger partial charge on any atom is 0.0588 e. The molecule has 2 heterocycles. The van der Waals surface area contributed by atoms with E-state index in [2.05, 4.69) is 252 Å². The second kappa shape index (κ2) is 14.1. The molecule has 0 fully saturated rings. The summed E-state index contributed by atoms with van der Waals surface area (Å²) in [4.78, 5) is 2.34. The topological polar surface area (TPSA) is 13.1 Å². The summed E-state index contributed by atoms with van der Waals surface area (Å²) in [6.45, 7) is 4.80. The van der Waals surface area contributed by atoms with Crippen molar-refractivity contribution in [2.75, 3.05) is 4.90 Å². The van der Waals surface area contributed by atoms with Crippen LogP contribution in [0.5, 0.6) is 0 Å². The van der Waals surface area contributed by atoms with Crippen LogP contribution in [0.4, 0.5) is 17.1 Å². The van der Waals surface area contributed by atoms with Crippen molar-refractivity contribution in [3.63, 3.8) is 0 Å². The minimum atomic E-state index is -0.210. The predicted octanol–water partition coefficient (Wildman–Crippen LogP) is 15.8. The predicted molar refractivity (Wildman–Crippen MR) is 263 cm³/mol. The van der Waals surface area contributed by atoms with Gasteiger partial charge in [0, 0.05) is 55.4 Å². The van der Waals surface area contributed by atoms with Gasteiger partial charge < -0.3 is 14.0 Å². The number of para-hydroxylation sites is 5. The molecule has 0 amide bonds. The van der Waals surface area contributed by atoms with E-state index in [4.69, 9.17) is 0 Å². The van der Waals surface area contributed by atoms with Gasteiger partial charge >= 0.3 is 0 Å². The van der Waals surface area contributed by atoms with Crippen LogP contribution in [-0.4, -0.2) is 9.13 Å². The molecule has 0 aliphatic heterocycles. The Morgan fingerprint density at radius 1 is 0.387 bits per heavy atom. The monoisotopic (exact) mass is 793 g/mol. The number of nitrogens with zero attached hydrogens (tertiary/aromatic N) is 3. The van der Waals surface area contributed by atoms with E-state index in [0.29, 0.717) is 0 Å². The lowest BCUT2D eigenvalue weighted by Gasteiger charge is -2.25. The fourth-order valence-corrected chi connectivity index (χ4v) is 10.2. The van der Waals surface area contributed by atoms with Crippen LogP contribution in [0.25, 0.3) is 78.3 Å². The highest BCUT2D eigenvalue weighted by Crippen LogP contribution is 2.53. The zero-order valence-corrected chi connectivity index (χ0v) is 34.7. The third-order valence-electron chi connectivity index (χ3n) is 13.0. The first-order chi connectivity index (χ1) is 30.5. The number of aromatic nitrogens is 2. The molecule has 1 aliphatic rings. The van der Waals surface area contributed by atoms with E-state index >= 15 is 0 Å². The largest absolute Gasteiger partial charge is 0.310 e. The lowest BCUT2D eigenvalue weighted by molar-refractivity contribution is 0.663. The molecule has 0 radical (unpaired) electrons. The van der Waals surface area contributed by atoms with Gasteiger partial charge in [0.2, 0.25) is 0 Å². The van der Waals surface area contributed by atoms with E-state index in [9.17, 15) is 0 Å². The Hall–Kier alpha value is -7.88. The van der Waals surface area contributed by atoms with Crippen LogP contribution in [0, 0.1) is 0 Å². The van der Waals surface area contributed by atoms with Crippen molar-refractivity contribution >= 4 is 72.8 Å². The number of rotatable bonds is 7. The average Bonchev–Trinajstić information content (AvgIpc) is 3.92. The smallest absolute Gasteiger partial charge is 0.0588 e. The highest BCUT2D eigenvalue weighted by atomic mass is 15.1. The van der Waals surface area contributed by atoms with Crippen LogP contribution in [0.1, 0.15) is 36.1 Å². The Kier molecular flexibility index (Phi) is 8.20. The average molecular weight is 794 g/mol. The Bertz CT molecular complexity index is 3480. The van der Waals surface area contributed by atoms with Crippen LogP contribution < -0.4 is 4.90 Å². The van der Waals surface area contributed by atoms with Crippen LogP contribution in [0.2, 0.25) is 0 Å². The number of hydrogen-bond acceptors (Lipinski definition) is 1. The lowest BCUT2D eigenvalue weighted by atomic mass is 9.81. The molecular weight excluding hydrogens is 751 g/mol. The van der Waals surface area contributed by atoms with E-state index in [1.165, 1.54) is 77.1 Å². The first-order valence-electron chi connectivity index (χ1n) is 21.5. The minimum Gasteiger partial charge on any atom is -0.310 e. The van der Waals surface area contributed by atoms with Crippen molar-refractivity contribution in [3.05, 3.63) is 235 Å². The zero-order valence-electron chi connectivity index (χ0n) is 34.7. The van der Waals surface area contributed by atoms with Gasteiger partial charge in [0.25, 0.3) is 0 Å². The Labute approximate surface area is 361 Å². The zero-order chi connectivity index (χ0) is 41.4. The molecule has 0 atom stereocenters. The molecule has 12 rings (SSSR count). The maximum absolute atomic E-state index is 2.48. The van der Waals surface area contributed by atoms with Crippen molar-refractivity contribution < 1.29 is 0 Å². The van der Waals surface area contributed by atoms with E-state index in [1.807, 2.05) is 0 Å². The third-order valence-corrected chi connectivity index (χ3v) is 13.0. The molecular formula is C59H43N3. The van der Waals surface area contributed by atoms with E-state index in [1.54, 1.807) is 0 Å². The van der Waals surface area contributed by atoms with Gasteiger partial charge in [-0.3, -0.25) is 0 Å². The summed E-state index contributed by atoms with van der Waals surface area (Å²) in [5.74, 6) is 0. The SMILES string of the molecule is CC1(C)c2cc(/C=C/c3ccc4c(c3)c3cc(N(c5ccccc5)c5ccccc5)ccc3n4-c3ccccc3)ccc2-c2ccc3c4ccccc4n(-c4ccccc4)c3c21. The van der Waals surface area contributed by atoms with Crippen molar-refractivity contribution in [2.45, 2.75) is 19.3 Å².